The Balaban J connectivity index is 1.27. The number of aliphatic imine (C=N–C) groups is 1. The largest absolute Gasteiger partial charge is 0.472 e. The van der Waals surface area contributed by atoms with Gasteiger partial charge >= 0.3 is 0 Å². The van der Waals surface area contributed by atoms with Crippen LogP contribution in [-0.4, -0.2) is 68.6 Å². The molecule has 0 spiro atoms. The van der Waals surface area contributed by atoms with E-state index < -0.39 is 23.8 Å². The highest BCUT2D eigenvalue weighted by Crippen LogP contribution is 2.34. The van der Waals surface area contributed by atoms with Crippen LogP contribution in [0.1, 0.15) is 24.8 Å². The molecular weight excluding hydrogens is 580 g/mol. The van der Waals surface area contributed by atoms with Crippen LogP contribution in [0.25, 0.3) is 28.0 Å². The summed E-state index contributed by atoms with van der Waals surface area (Å²) in [4.78, 5) is 33.8. The molecule has 1 amide bonds. The molecule has 2 aromatic carbocycles. The Morgan fingerprint density at radius 1 is 1.11 bits per heavy atom. The highest BCUT2D eigenvalue weighted by atomic mass is 19.1. The third-order valence-electron chi connectivity index (χ3n) is 8.15. The van der Waals surface area contributed by atoms with Crippen molar-refractivity contribution < 1.29 is 18.3 Å². The first-order valence-corrected chi connectivity index (χ1v) is 14.6. The minimum atomic E-state index is -0.781. The van der Waals surface area contributed by atoms with Crippen LogP contribution in [0.3, 0.4) is 0 Å². The summed E-state index contributed by atoms with van der Waals surface area (Å²) in [6.07, 6.45) is 4.05. The summed E-state index contributed by atoms with van der Waals surface area (Å²) in [5.74, 6) is -0.803. The Hall–Kier alpha value is -5.46. The van der Waals surface area contributed by atoms with Crippen molar-refractivity contribution >= 4 is 34.2 Å². The van der Waals surface area contributed by atoms with Crippen LogP contribution in [-0.2, 0) is 4.79 Å². The van der Waals surface area contributed by atoms with Crippen LogP contribution >= 0.6 is 0 Å². The van der Waals surface area contributed by atoms with Crippen LogP contribution in [0.2, 0.25) is 0 Å². The molecular formula is C32H29F2N9O2. The van der Waals surface area contributed by atoms with Crippen molar-refractivity contribution in [1.82, 2.24) is 30.0 Å². The lowest BCUT2D eigenvalue weighted by atomic mass is 9.95. The second-order valence-corrected chi connectivity index (χ2v) is 10.9. The van der Waals surface area contributed by atoms with E-state index in [-0.39, 0.29) is 11.6 Å². The van der Waals surface area contributed by atoms with E-state index in [0.29, 0.717) is 66.5 Å². The van der Waals surface area contributed by atoms with Crippen molar-refractivity contribution in [2.75, 3.05) is 30.8 Å². The van der Waals surface area contributed by atoms with Gasteiger partial charge in [0, 0.05) is 54.7 Å². The average molecular weight is 610 g/mol. The monoisotopic (exact) mass is 609 g/mol. The highest BCUT2D eigenvalue weighted by Gasteiger charge is 2.40. The first kappa shape index (κ1) is 28.3. The van der Waals surface area contributed by atoms with Crippen LogP contribution in [0.4, 0.5) is 20.3 Å². The zero-order valence-electron chi connectivity index (χ0n) is 24.3. The number of fused-ring (bicyclic) bond motifs is 7. The van der Waals surface area contributed by atoms with Gasteiger partial charge in [-0.15, -0.1) is 0 Å². The third kappa shape index (κ3) is 5.19. The standard InChI is InChI=1S/C32H29F2N9O2/c1-36-25-8-4-12-37-32(44)27-14-19(45-28-9-3-7-24(41-28)20-5-2-6-23(35)29(20)25)16-42(27)30-21-15-40-43(31(21)39-17-38-30)26-11-10-18(33)13-22(26)34/h2-3,5-7,9-11,13,15,17,19,27H,4,8,12,14,16,35H2,1H3,(H,37,44)/t19-,27-/m0/s1. The number of hydrogen-bond acceptors (Lipinski definition) is 9. The molecule has 3 N–H and O–H groups in total. The lowest BCUT2D eigenvalue weighted by Gasteiger charge is -2.25. The van der Waals surface area contributed by atoms with Crippen molar-refractivity contribution in [1.29, 1.82) is 0 Å². The summed E-state index contributed by atoms with van der Waals surface area (Å²) in [6, 6.07) is 13.9. The first-order valence-electron chi connectivity index (χ1n) is 14.6. The predicted molar refractivity (Wildman–Crippen MR) is 166 cm³/mol. The Kier molecular flexibility index (Phi) is 7.28. The number of benzene rings is 2. The fourth-order valence-electron chi connectivity index (χ4n) is 6.10. The molecule has 1 fully saturated rings. The van der Waals surface area contributed by atoms with E-state index in [2.05, 4.69) is 25.4 Å². The number of rotatable bonds is 2. The van der Waals surface area contributed by atoms with Crippen molar-refractivity contribution in [3.8, 4) is 22.8 Å². The average Bonchev–Trinajstić information content (AvgIpc) is 3.66. The van der Waals surface area contributed by atoms with Crippen molar-refractivity contribution in [3.63, 3.8) is 0 Å². The number of amides is 1. The lowest BCUT2D eigenvalue weighted by Crippen LogP contribution is -2.44. The van der Waals surface area contributed by atoms with Gasteiger partial charge in [0.2, 0.25) is 11.8 Å². The number of aromatic nitrogens is 5. The van der Waals surface area contributed by atoms with Crippen molar-refractivity contribution in [2.24, 2.45) is 4.99 Å². The molecule has 0 aliphatic carbocycles. The quantitative estimate of drug-likeness (QED) is 0.286. The molecule has 13 heteroatoms. The lowest BCUT2D eigenvalue weighted by molar-refractivity contribution is -0.122. The van der Waals surface area contributed by atoms with Gasteiger partial charge in [-0.25, -0.2) is 28.4 Å². The molecule has 5 aromatic rings. The molecule has 3 aromatic heterocycles. The number of halogens is 2. The maximum Gasteiger partial charge on any atom is 0.242 e. The fourth-order valence-corrected chi connectivity index (χ4v) is 6.10. The number of nitrogens with one attached hydrogen (secondary N) is 1. The summed E-state index contributed by atoms with van der Waals surface area (Å²) >= 11 is 0. The summed E-state index contributed by atoms with van der Waals surface area (Å²) in [6.45, 7) is 0.741. The predicted octanol–water partition coefficient (Wildman–Crippen LogP) is 4.09. The number of nitrogens with zero attached hydrogens (tertiary/aromatic N) is 7. The molecule has 11 nitrogen and oxygen atoms in total. The zero-order chi connectivity index (χ0) is 31.1. The molecule has 2 aliphatic rings. The van der Waals surface area contributed by atoms with Crippen LogP contribution in [0.5, 0.6) is 5.88 Å². The van der Waals surface area contributed by atoms with Gasteiger partial charge in [-0.1, -0.05) is 18.2 Å². The molecule has 45 heavy (non-hydrogen) atoms. The smallest absolute Gasteiger partial charge is 0.242 e. The van der Waals surface area contributed by atoms with E-state index in [1.807, 2.05) is 35.2 Å². The Morgan fingerprint density at radius 2 is 1.98 bits per heavy atom. The second-order valence-electron chi connectivity index (χ2n) is 10.9. The zero-order valence-corrected chi connectivity index (χ0v) is 24.3. The fraction of sp³-hybridized carbons (Fsp3) is 0.250. The maximum atomic E-state index is 14.7. The molecule has 228 valence electrons. The number of carbonyl (C=O) groups excluding carboxylic acids is 1. The molecule has 2 aliphatic heterocycles. The van der Waals surface area contributed by atoms with Crippen LogP contribution in [0, 0.1) is 11.6 Å². The topological polar surface area (TPSA) is 136 Å². The molecule has 4 bridgehead atoms. The molecule has 2 atom stereocenters. The highest BCUT2D eigenvalue weighted by molar-refractivity contribution is 6.09. The SMILES string of the molecule is CN=C1CCCNC(=O)[C@@H]2C[C@@H](CN2c2ncnc3c2cnn3-c2ccc(F)cc2F)Oc2cccc(n2)-c2cccc(N)c21. The van der Waals surface area contributed by atoms with E-state index in [0.717, 1.165) is 29.0 Å². The molecule has 0 radical (unpaired) electrons. The first-order chi connectivity index (χ1) is 21.9. The Labute approximate surface area is 256 Å². The number of ether oxygens (including phenoxy) is 1. The van der Waals surface area contributed by atoms with Gasteiger partial charge in [-0.05, 0) is 37.1 Å². The molecule has 7 rings (SSSR count). The molecule has 1 saturated heterocycles. The van der Waals surface area contributed by atoms with E-state index in [4.69, 9.17) is 15.5 Å². The number of pyridine rings is 1. The van der Waals surface area contributed by atoms with Crippen molar-refractivity contribution in [2.45, 2.75) is 31.4 Å². The van der Waals surface area contributed by atoms with Gasteiger partial charge in [-0.3, -0.25) is 9.79 Å². The Bertz CT molecular complexity index is 1960. The molecule has 0 saturated carbocycles. The minimum absolute atomic E-state index is 0.0405. The van der Waals surface area contributed by atoms with Crippen LogP contribution < -0.4 is 20.7 Å². The van der Waals surface area contributed by atoms with E-state index in [1.165, 1.54) is 23.3 Å². The van der Waals surface area contributed by atoms with E-state index in [9.17, 15) is 13.6 Å². The second kappa shape index (κ2) is 11.6. The maximum absolute atomic E-state index is 14.7. The number of nitrogen functional groups attached to an aromatic ring is 1. The molecule has 0 unspecified atom stereocenters. The van der Waals surface area contributed by atoms with Gasteiger partial charge in [0.1, 0.15) is 35.8 Å². The van der Waals surface area contributed by atoms with Gasteiger partial charge < -0.3 is 20.7 Å². The number of carbonyl (C=O) groups is 1. The number of hydrogen-bond donors (Lipinski definition) is 2. The van der Waals surface area contributed by atoms with Crippen molar-refractivity contribution in [3.05, 3.63) is 84.3 Å². The van der Waals surface area contributed by atoms with Gasteiger partial charge in [0.25, 0.3) is 0 Å². The number of nitrogens with two attached hydrogens (primary N) is 1. The Morgan fingerprint density at radius 3 is 2.82 bits per heavy atom. The third-order valence-corrected chi connectivity index (χ3v) is 8.15. The van der Waals surface area contributed by atoms with Gasteiger partial charge in [0.05, 0.1) is 23.8 Å². The van der Waals surface area contributed by atoms with E-state index >= 15 is 0 Å². The van der Waals surface area contributed by atoms with Gasteiger partial charge in [-0.2, -0.15) is 5.10 Å². The van der Waals surface area contributed by atoms with Crippen LogP contribution in [0.15, 0.2) is 72.1 Å². The normalized spacial score (nSPS) is 19.5. The summed E-state index contributed by atoms with van der Waals surface area (Å²) < 4.78 is 36.0. The number of anilines is 2. The molecule has 5 heterocycles. The summed E-state index contributed by atoms with van der Waals surface area (Å²) in [5.41, 5.74) is 10.6. The van der Waals surface area contributed by atoms with E-state index in [1.54, 1.807) is 13.1 Å². The summed E-state index contributed by atoms with van der Waals surface area (Å²) in [7, 11) is 1.73. The summed E-state index contributed by atoms with van der Waals surface area (Å²) in [5, 5.41) is 7.91. The minimum Gasteiger partial charge on any atom is -0.472 e. The van der Waals surface area contributed by atoms with Gasteiger partial charge in [0.15, 0.2) is 11.5 Å².